The highest BCUT2D eigenvalue weighted by molar-refractivity contribution is 5.61. The third-order valence-electron chi connectivity index (χ3n) is 2.12. The van der Waals surface area contributed by atoms with Crippen molar-refractivity contribution in [3.8, 4) is 11.3 Å². The fourth-order valence-electron chi connectivity index (χ4n) is 1.49. The van der Waals surface area contributed by atoms with E-state index < -0.39 is 11.9 Å². The van der Waals surface area contributed by atoms with Crippen LogP contribution in [0.2, 0.25) is 0 Å². The topological polar surface area (TPSA) is 26.3 Å². The number of halogens is 3. The van der Waals surface area contributed by atoms with E-state index in [1.54, 1.807) is 13.0 Å². The smallest absolute Gasteiger partial charge is 0.450 e. The summed E-state index contributed by atoms with van der Waals surface area (Å²) < 4.78 is 47.7. The van der Waals surface area contributed by atoms with Gasteiger partial charge in [0.1, 0.15) is 17.3 Å². The van der Waals surface area contributed by atoms with Gasteiger partial charge in [-0.05, 0) is 32.0 Å². The van der Waals surface area contributed by atoms with Gasteiger partial charge < -0.3 is 8.83 Å². The van der Waals surface area contributed by atoms with E-state index >= 15 is 0 Å². The monoisotopic (exact) mass is 230 g/mol. The van der Waals surface area contributed by atoms with Crippen molar-refractivity contribution in [2.45, 2.75) is 20.0 Å². The van der Waals surface area contributed by atoms with Crippen molar-refractivity contribution in [1.29, 1.82) is 0 Å². The molecule has 86 valence electrons. The maximum absolute atomic E-state index is 12.6. The Morgan fingerprint density at radius 3 is 2.19 bits per heavy atom. The zero-order valence-corrected chi connectivity index (χ0v) is 8.68. The molecule has 2 nitrogen and oxygen atoms in total. The Labute approximate surface area is 89.7 Å². The van der Waals surface area contributed by atoms with Gasteiger partial charge in [-0.3, -0.25) is 0 Å². The van der Waals surface area contributed by atoms with Crippen LogP contribution in [0.3, 0.4) is 0 Å². The lowest BCUT2D eigenvalue weighted by molar-refractivity contribution is -0.152. The fraction of sp³-hybridized carbons (Fsp3) is 0.273. The summed E-state index contributed by atoms with van der Waals surface area (Å²) in [6, 6.07) is 4.42. The molecule has 2 aromatic rings. The van der Waals surface area contributed by atoms with Gasteiger partial charge in [-0.15, -0.1) is 0 Å². The van der Waals surface area contributed by atoms with Crippen LogP contribution in [-0.2, 0) is 6.18 Å². The molecule has 0 saturated heterocycles. The van der Waals surface area contributed by atoms with Gasteiger partial charge in [0.25, 0.3) is 0 Å². The summed E-state index contributed by atoms with van der Waals surface area (Å²) in [7, 11) is 0. The SMILES string of the molecule is Cc1ccc(-c2cc(C)oc2C(F)(F)F)o1. The van der Waals surface area contributed by atoms with Crippen LogP contribution >= 0.6 is 0 Å². The maximum Gasteiger partial charge on any atom is 0.450 e. The number of hydrogen-bond acceptors (Lipinski definition) is 2. The van der Waals surface area contributed by atoms with Crippen LogP contribution in [0.4, 0.5) is 13.2 Å². The van der Waals surface area contributed by atoms with E-state index in [0.29, 0.717) is 5.76 Å². The second-order valence-electron chi connectivity index (χ2n) is 3.51. The molecule has 5 heteroatoms. The highest BCUT2D eigenvalue weighted by Crippen LogP contribution is 2.39. The molecule has 0 atom stereocenters. The van der Waals surface area contributed by atoms with Crippen LogP contribution in [0, 0.1) is 13.8 Å². The van der Waals surface area contributed by atoms with Crippen molar-refractivity contribution in [1.82, 2.24) is 0 Å². The molecule has 16 heavy (non-hydrogen) atoms. The number of alkyl halides is 3. The Morgan fingerprint density at radius 2 is 1.69 bits per heavy atom. The molecular formula is C11H9F3O2. The predicted octanol–water partition coefficient (Wildman–Crippen LogP) is 4.18. The lowest BCUT2D eigenvalue weighted by Gasteiger charge is -2.03. The number of hydrogen-bond donors (Lipinski definition) is 0. The molecule has 0 radical (unpaired) electrons. The molecule has 0 fully saturated rings. The van der Waals surface area contributed by atoms with E-state index in [0.717, 1.165) is 0 Å². The third kappa shape index (κ3) is 1.85. The Hall–Kier alpha value is -1.65. The summed E-state index contributed by atoms with van der Waals surface area (Å²) >= 11 is 0. The first-order valence-electron chi connectivity index (χ1n) is 4.62. The minimum Gasteiger partial charge on any atom is -0.461 e. The van der Waals surface area contributed by atoms with Crippen molar-refractivity contribution in [3.05, 3.63) is 35.5 Å². The van der Waals surface area contributed by atoms with Gasteiger partial charge in [0.2, 0.25) is 5.76 Å². The summed E-state index contributed by atoms with van der Waals surface area (Å²) in [6.07, 6.45) is -4.51. The first kappa shape index (κ1) is 10.9. The molecule has 0 spiro atoms. The van der Waals surface area contributed by atoms with Crippen LogP contribution in [0.1, 0.15) is 17.3 Å². The largest absolute Gasteiger partial charge is 0.461 e. The first-order valence-corrected chi connectivity index (χ1v) is 4.62. The summed E-state index contributed by atoms with van der Waals surface area (Å²) in [4.78, 5) is 0. The normalized spacial score (nSPS) is 12.1. The zero-order chi connectivity index (χ0) is 11.9. The lowest BCUT2D eigenvalue weighted by atomic mass is 10.2. The van der Waals surface area contributed by atoms with Crippen molar-refractivity contribution in [2.24, 2.45) is 0 Å². The zero-order valence-electron chi connectivity index (χ0n) is 8.68. The number of rotatable bonds is 1. The van der Waals surface area contributed by atoms with E-state index in [1.807, 2.05) is 0 Å². The van der Waals surface area contributed by atoms with E-state index in [4.69, 9.17) is 4.42 Å². The van der Waals surface area contributed by atoms with Crippen LogP contribution in [0.25, 0.3) is 11.3 Å². The van der Waals surface area contributed by atoms with Gasteiger partial charge in [-0.25, -0.2) is 0 Å². The quantitative estimate of drug-likeness (QED) is 0.734. The Bertz CT molecular complexity index is 506. The van der Waals surface area contributed by atoms with E-state index in [2.05, 4.69) is 4.42 Å². The van der Waals surface area contributed by atoms with Gasteiger partial charge in [0, 0.05) is 0 Å². The Morgan fingerprint density at radius 1 is 1.00 bits per heavy atom. The molecule has 0 unspecified atom stereocenters. The van der Waals surface area contributed by atoms with Crippen molar-refractivity contribution >= 4 is 0 Å². The van der Waals surface area contributed by atoms with Gasteiger partial charge in [0.05, 0.1) is 5.56 Å². The van der Waals surface area contributed by atoms with Gasteiger partial charge in [0.15, 0.2) is 0 Å². The third-order valence-corrected chi connectivity index (χ3v) is 2.12. The first-order chi connectivity index (χ1) is 7.38. The number of furan rings is 2. The Kier molecular flexibility index (Phi) is 2.33. The molecule has 0 N–H and O–H groups in total. The fourth-order valence-corrected chi connectivity index (χ4v) is 1.49. The summed E-state index contributed by atoms with van der Waals surface area (Å²) in [5.41, 5.74) is -0.0573. The predicted molar refractivity (Wildman–Crippen MR) is 50.9 cm³/mol. The molecule has 2 rings (SSSR count). The van der Waals surface area contributed by atoms with Crippen LogP contribution in [0.15, 0.2) is 27.0 Å². The van der Waals surface area contributed by atoms with E-state index in [1.165, 1.54) is 19.1 Å². The molecule has 2 aromatic heterocycles. The molecule has 0 bridgehead atoms. The minimum absolute atomic E-state index is 0.0573. The molecule has 0 amide bonds. The van der Waals surface area contributed by atoms with E-state index in [9.17, 15) is 13.2 Å². The Balaban J connectivity index is 2.57. The minimum atomic E-state index is -4.51. The molecule has 0 aromatic carbocycles. The average Bonchev–Trinajstić information content (AvgIpc) is 2.70. The van der Waals surface area contributed by atoms with Gasteiger partial charge in [-0.1, -0.05) is 0 Å². The summed E-state index contributed by atoms with van der Waals surface area (Å²) in [5, 5.41) is 0. The molecular weight excluding hydrogens is 221 g/mol. The standard InChI is InChI=1S/C11H9F3O2/c1-6-3-4-9(15-6)8-5-7(2)16-10(8)11(12,13)14/h3-5H,1-2H3. The molecule has 2 heterocycles. The van der Waals surface area contributed by atoms with Gasteiger partial charge in [-0.2, -0.15) is 13.2 Å². The van der Waals surface area contributed by atoms with Crippen molar-refractivity contribution < 1.29 is 22.0 Å². The van der Waals surface area contributed by atoms with Crippen molar-refractivity contribution in [2.75, 3.05) is 0 Å². The summed E-state index contributed by atoms with van der Waals surface area (Å²) in [5.74, 6) is -0.0839. The van der Waals surface area contributed by atoms with E-state index in [-0.39, 0.29) is 17.1 Å². The second-order valence-corrected chi connectivity index (χ2v) is 3.51. The van der Waals surface area contributed by atoms with Crippen molar-refractivity contribution in [3.63, 3.8) is 0 Å². The summed E-state index contributed by atoms with van der Waals surface area (Å²) in [6.45, 7) is 3.14. The average molecular weight is 230 g/mol. The highest BCUT2D eigenvalue weighted by Gasteiger charge is 2.39. The number of aryl methyl sites for hydroxylation is 2. The molecule has 0 aliphatic carbocycles. The van der Waals surface area contributed by atoms with Crippen LogP contribution < -0.4 is 0 Å². The van der Waals surface area contributed by atoms with Crippen LogP contribution in [-0.4, -0.2) is 0 Å². The molecule has 0 aliphatic rings. The second kappa shape index (κ2) is 3.43. The maximum atomic E-state index is 12.6. The molecule has 0 saturated carbocycles. The lowest BCUT2D eigenvalue weighted by Crippen LogP contribution is -2.04. The highest BCUT2D eigenvalue weighted by atomic mass is 19.4. The van der Waals surface area contributed by atoms with Gasteiger partial charge >= 0.3 is 6.18 Å². The van der Waals surface area contributed by atoms with Crippen LogP contribution in [0.5, 0.6) is 0 Å². The molecule has 0 aliphatic heterocycles.